The van der Waals surface area contributed by atoms with Gasteiger partial charge in [0.1, 0.15) is 5.57 Å². The lowest BCUT2D eigenvalue weighted by atomic mass is 9.88. The molecule has 0 spiro atoms. The zero-order valence-electron chi connectivity index (χ0n) is 19.9. The molecule has 2 aliphatic heterocycles. The van der Waals surface area contributed by atoms with Crippen molar-refractivity contribution < 1.29 is 14.4 Å². The standard InChI is InChI=1S/C27H29N3O3/c1-7-29-23-11-9-19(13-21(23)18(4)15-27(29,5)6)14-22-24(31)28-26(33)30(25(22)32)20-10-8-16(2)17(3)12-20/h8-15H,7H2,1-6H3,(H,28,31,33)/b22-14+. The Morgan fingerprint density at radius 3 is 2.36 bits per heavy atom. The second-order valence-corrected chi connectivity index (χ2v) is 9.23. The molecule has 2 aliphatic rings. The summed E-state index contributed by atoms with van der Waals surface area (Å²) in [4.78, 5) is 41.7. The molecular formula is C27H29N3O3. The normalized spacial score (nSPS) is 18.9. The van der Waals surface area contributed by atoms with Crippen LogP contribution in [0, 0.1) is 13.8 Å². The van der Waals surface area contributed by atoms with E-state index in [-0.39, 0.29) is 11.1 Å². The fourth-order valence-electron chi connectivity index (χ4n) is 4.69. The Bertz CT molecular complexity index is 1250. The maximum absolute atomic E-state index is 13.2. The first-order valence-electron chi connectivity index (χ1n) is 11.1. The number of anilines is 2. The van der Waals surface area contributed by atoms with Crippen molar-refractivity contribution >= 4 is 40.9 Å². The highest BCUT2D eigenvalue weighted by atomic mass is 16.2. The molecule has 1 saturated heterocycles. The Morgan fingerprint density at radius 2 is 1.70 bits per heavy atom. The molecule has 1 N–H and O–H groups in total. The van der Waals surface area contributed by atoms with Gasteiger partial charge in [0.15, 0.2) is 0 Å². The Hall–Kier alpha value is -3.67. The van der Waals surface area contributed by atoms with Gasteiger partial charge in [-0.1, -0.05) is 18.2 Å². The molecule has 0 atom stereocenters. The SMILES string of the molecule is CCN1c2ccc(/C=C3\C(=O)NC(=O)N(c4ccc(C)c(C)c4)C3=O)cc2C(C)=CC1(C)C. The average molecular weight is 444 g/mol. The quantitative estimate of drug-likeness (QED) is 0.536. The molecule has 0 saturated carbocycles. The van der Waals surface area contributed by atoms with E-state index in [1.54, 1.807) is 18.2 Å². The van der Waals surface area contributed by atoms with E-state index in [1.807, 2.05) is 38.1 Å². The number of rotatable bonds is 3. The van der Waals surface area contributed by atoms with Crippen LogP contribution in [0.3, 0.4) is 0 Å². The molecule has 33 heavy (non-hydrogen) atoms. The highest BCUT2D eigenvalue weighted by molar-refractivity contribution is 6.39. The van der Waals surface area contributed by atoms with Crippen LogP contribution in [0.5, 0.6) is 0 Å². The minimum absolute atomic E-state index is 0.0714. The van der Waals surface area contributed by atoms with Gasteiger partial charge in [-0.15, -0.1) is 0 Å². The van der Waals surface area contributed by atoms with E-state index in [0.29, 0.717) is 5.69 Å². The van der Waals surface area contributed by atoms with Crippen LogP contribution in [0.1, 0.15) is 49.9 Å². The Balaban J connectivity index is 1.75. The number of amides is 4. The van der Waals surface area contributed by atoms with Gasteiger partial charge in [0.05, 0.1) is 11.2 Å². The number of urea groups is 1. The summed E-state index contributed by atoms with van der Waals surface area (Å²) in [5.74, 6) is -1.32. The largest absolute Gasteiger partial charge is 0.363 e. The summed E-state index contributed by atoms with van der Waals surface area (Å²) in [5.41, 5.74) is 6.33. The molecule has 2 heterocycles. The van der Waals surface area contributed by atoms with Crippen molar-refractivity contribution in [2.24, 2.45) is 0 Å². The summed E-state index contributed by atoms with van der Waals surface area (Å²) < 4.78 is 0. The van der Waals surface area contributed by atoms with Crippen LogP contribution in [-0.2, 0) is 9.59 Å². The van der Waals surface area contributed by atoms with E-state index >= 15 is 0 Å². The maximum atomic E-state index is 13.2. The number of fused-ring (bicyclic) bond motifs is 1. The lowest BCUT2D eigenvalue weighted by Gasteiger charge is -2.42. The number of imide groups is 2. The van der Waals surface area contributed by atoms with Crippen molar-refractivity contribution in [2.45, 2.75) is 47.1 Å². The van der Waals surface area contributed by atoms with E-state index < -0.39 is 17.8 Å². The number of benzene rings is 2. The second-order valence-electron chi connectivity index (χ2n) is 9.23. The van der Waals surface area contributed by atoms with Crippen LogP contribution < -0.4 is 15.1 Å². The first kappa shape index (κ1) is 22.5. The second kappa shape index (κ2) is 8.03. The van der Waals surface area contributed by atoms with Crippen molar-refractivity contribution in [3.63, 3.8) is 0 Å². The molecule has 1 fully saturated rings. The van der Waals surface area contributed by atoms with Gasteiger partial charge in [0.25, 0.3) is 11.8 Å². The van der Waals surface area contributed by atoms with E-state index in [0.717, 1.165) is 45.0 Å². The number of nitrogens with zero attached hydrogens (tertiary/aromatic N) is 2. The van der Waals surface area contributed by atoms with Crippen molar-refractivity contribution in [1.29, 1.82) is 0 Å². The van der Waals surface area contributed by atoms with Crippen molar-refractivity contribution in [3.05, 3.63) is 70.3 Å². The van der Waals surface area contributed by atoms with Gasteiger partial charge in [0, 0.05) is 17.8 Å². The molecule has 0 bridgehead atoms. The number of carbonyl (C=O) groups excluding carboxylic acids is 3. The molecule has 0 aromatic heterocycles. The average Bonchev–Trinajstić information content (AvgIpc) is 2.73. The molecule has 2 aromatic carbocycles. The Kier molecular flexibility index (Phi) is 5.48. The molecule has 0 radical (unpaired) electrons. The highest BCUT2D eigenvalue weighted by Crippen LogP contribution is 2.39. The summed E-state index contributed by atoms with van der Waals surface area (Å²) in [7, 11) is 0. The number of barbiturate groups is 1. The highest BCUT2D eigenvalue weighted by Gasteiger charge is 2.37. The van der Waals surface area contributed by atoms with Gasteiger partial charge >= 0.3 is 6.03 Å². The molecule has 170 valence electrons. The maximum Gasteiger partial charge on any atom is 0.335 e. The number of hydrogen-bond donors (Lipinski definition) is 1. The van der Waals surface area contributed by atoms with Crippen LogP contribution >= 0.6 is 0 Å². The molecule has 0 unspecified atom stereocenters. The van der Waals surface area contributed by atoms with E-state index in [9.17, 15) is 14.4 Å². The topological polar surface area (TPSA) is 69.7 Å². The molecule has 6 heteroatoms. The zero-order chi connectivity index (χ0) is 24.1. The lowest BCUT2D eigenvalue weighted by molar-refractivity contribution is -0.122. The van der Waals surface area contributed by atoms with Crippen LogP contribution in [0.2, 0.25) is 0 Å². The van der Waals surface area contributed by atoms with Crippen LogP contribution in [0.15, 0.2) is 48.0 Å². The monoisotopic (exact) mass is 443 g/mol. The fraction of sp³-hybridized carbons (Fsp3) is 0.296. The number of allylic oxidation sites excluding steroid dienone is 1. The predicted octanol–water partition coefficient (Wildman–Crippen LogP) is 4.99. The van der Waals surface area contributed by atoms with Crippen LogP contribution in [-0.4, -0.2) is 29.9 Å². The van der Waals surface area contributed by atoms with Crippen molar-refractivity contribution in [3.8, 4) is 0 Å². The number of likely N-dealkylation sites (N-methyl/N-ethyl adjacent to an activating group) is 1. The fourth-order valence-corrected chi connectivity index (χ4v) is 4.69. The summed E-state index contributed by atoms with van der Waals surface area (Å²) >= 11 is 0. The zero-order valence-corrected chi connectivity index (χ0v) is 19.9. The van der Waals surface area contributed by atoms with Crippen molar-refractivity contribution in [2.75, 3.05) is 16.3 Å². The Morgan fingerprint density at radius 1 is 0.970 bits per heavy atom. The molecule has 4 amide bonds. The summed E-state index contributed by atoms with van der Waals surface area (Å²) in [6.45, 7) is 13.3. The molecule has 0 aliphatic carbocycles. The molecule has 4 rings (SSSR count). The number of hydrogen-bond acceptors (Lipinski definition) is 4. The van der Waals surface area contributed by atoms with Gasteiger partial charge in [-0.2, -0.15) is 0 Å². The van der Waals surface area contributed by atoms with Gasteiger partial charge in [-0.3, -0.25) is 14.9 Å². The van der Waals surface area contributed by atoms with E-state index in [4.69, 9.17) is 0 Å². The minimum atomic E-state index is -0.740. The first-order valence-corrected chi connectivity index (χ1v) is 11.1. The van der Waals surface area contributed by atoms with Crippen molar-refractivity contribution in [1.82, 2.24) is 5.32 Å². The van der Waals surface area contributed by atoms with E-state index in [2.05, 4.69) is 44.0 Å². The lowest BCUT2D eigenvalue weighted by Crippen LogP contribution is -2.54. The molecular weight excluding hydrogens is 414 g/mol. The number of nitrogens with one attached hydrogen (secondary N) is 1. The number of aryl methyl sites for hydroxylation is 2. The summed E-state index contributed by atoms with van der Waals surface area (Å²) in [5, 5.41) is 2.30. The first-order chi connectivity index (χ1) is 15.5. The Labute approximate surface area is 194 Å². The number of carbonyl (C=O) groups is 3. The van der Waals surface area contributed by atoms with E-state index in [1.165, 1.54) is 0 Å². The van der Waals surface area contributed by atoms with Gasteiger partial charge in [-0.25, -0.2) is 9.69 Å². The third-order valence-electron chi connectivity index (χ3n) is 6.48. The molecule has 6 nitrogen and oxygen atoms in total. The van der Waals surface area contributed by atoms with Crippen LogP contribution in [0.25, 0.3) is 11.6 Å². The smallest absolute Gasteiger partial charge is 0.335 e. The summed E-state index contributed by atoms with van der Waals surface area (Å²) in [6.07, 6.45) is 3.79. The van der Waals surface area contributed by atoms with Gasteiger partial charge in [0.2, 0.25) is 0 Å². The van der Waals surface area contributed by atoms with Gasteiger partial charge in [-0.05, 0) is 94.1 Å². The predicted molar refractivity (Wildman–Crippen MR) is 132 cm³/mol. The van der Waals surface area contributed by atoms with Crippen LogP contribution in [0.4, 0.5) is 16.2 Å². The third-order valence-corrected chi connectivity index (χ3v) is 6.48. The summed E-state index contributed by atoms with van der Waals surface area (Å²) in [6, 6.07) is 10.5. The third kappa shape index (κ3) is 3.86. The molecule has 2 aromatic rings. The van der Waals surface area contributed by atoms with Gasteiger partial charge < -0.3 is 4.90 Å². The minimum Gasteiger partial charge on any atom is -0.363 e.